The SMILES string of the molecule is O=[N+]([O-])c1ccc2c(c1)N1C(c3ccccc3)=C[C@H](c3ccccc3)[C@H]3CCCC[C@@]31N2. The van der Waals surface area contributed by atoms with E-state index in [-0.39, 0.29) is 22.2 Å². The molecule has 3 atom stereocenters. The molecule has 0 radical (unpaired) electrons. The van der Waals surface area contributed by atoms with Crippen LogP contribution >= 0.6 is 0 Å². The summed E-state index contributed by atoms with van der Waals surface area (Å²) in [6.45, 7) is 0. The molecule has 1 N–H and O–H groups in total. The van der Waals surface area contributed by atoms with Gasteiger partial charge in [0.15, 0.2) is 0 Å². The maximum Gasteiger partial charge on any atom is 0.271 e. The van der Waals surface area contributed by atoms with Crippen LogP contribution < -0.4 is 10.2 Å². The normalized spacial score (nSPS) is 25.8. The average Bonchev–Trinajstić information content (AvgIpc) is 3.17. The molecule has 1 aliphatic carbocycles. The van der Waals surface area contributed by atoms with E-state index in [9.17, 15) is 10.1 Å². The van der Waals surface area contributed by atoms with E-state index in [1.54, 1.807) is 12.1 Å². The van der Waals surface area contributed by atoms with Crippen molar-refractivity contribution in [2.45, 2.75) is 37.3 Å². The van der Waals surface area contributed by atoms with Gasteiger partial charge in [0.05, 0.1) is 16.3 Å². The Balaban J connectivity index is 1.60. The fourth-order valence-electron chi connectivity index (χ4n) is 6.06. The van der Waals surface area contributed by atoms with Crippen LogP contribution in [0.5, 0.6) is 0 Å². The highest BCUT2D eigenvalue weighted by Crippen LogP contribution is 2.59. The van der Waals surface area contributed by atoms with Gasteiger partial charge in [0, 0.05) is 29.7 Å². The fraction of sp³-hybridized carbons (Fsp3) is 0.259. The van der Waals surface area contributed by atoms with Gasteiger partial charge >= 0.3 is 0 Å². The topological polar surface area (TPSA) is 58.4 Å². The number of nitrogens with zero attached hydrogens (tertiary/aromatic N) is 2. The molecule has 3 aliphatic rings. The van der Waals surface area contributed by atoms with Crippen LogP contribution in [0.3, 0.4) is 0 Å². The number of anilines is 2. The highest BCUT2D eigenvalue weighted by Gasteiger charge is 2.56. The van der Waals surface area contributed by atoms with Crippen molar-refractivity contribution in [3.05, 3.63) is 106 Å². The Morgan fingerprint density at radius 2 is 1.72 bits per heavy atom. The Bertz CT molecular complexity index is 1210. The minimum absolute atomic E-state index is 0.132. The molecule has 0 amide bonds. The highest BCUT2D eigenvalue weighted by molar-refractivity contribution is 5.94. The second-order valence-electron chi connectivity index (χ2n) is 9.05. The third-order valence-corrected chi connectivity index (χ3v) is 7.39. The summed E-state index contributed by atoms with van der Waals surface area (Å²) in [5, 5.41) is 15.5. The lowest BCUT2D eigenvalue weighted by Crippen LogP contribution is -2.60. The molecule has 2 heterocycles. The second-order valence-corrected chi connectivity index (χ2v) is 9.05. The molecule has 0 saturated heterocycles. The molecule has 0 bridgehead atoms. The lowest BCUT2D eigenvalue weighted by Gasteiger charge is -2.54. The predicted octanol–water partition coefficient (Wildman–Crippen LogP) is 6.55. The fourth-order valence-corrected chi connectivity index (χ4v) is 6.06. The van der Waals surface area contributed by atoms with Crippen molar-refractivity contribution in [3.63, 3.8) is 0 Å². The van der Waals surface area contributed by atoms with Crippen LogP contribution in [0.4, 0.5) is 17.1 Å². The molecular weight excluding hydrogens is 398 g/mol. The number of hydrogen-bond donors (Lipinski definition) is 1. The Kier molecular flexibility index (Phi) is 4.32. The number of hydrogen-bond acceptors (Lipinski definition) is 4. The van der Waals surface area contributed by atoms with E-state index in [1.165, 1.54) is 12.0 Å². The van der Waals surface area contributed by atoms with Crippen LogP contribution in [-0.4, -0.2) is 10.6 Å². The summed E-state index contributed by atoms with van der Waals surface area (Å²) >= 11 is 0. The molecule has 32 heavy (non-hydrogen) atoms. The van der Waals surface area contributed by atoms with Gasteiger partial charge in [-0.25, -0.2) is 0 Å². The summed E-state index contributed by atoms with van der Waals surface area (Å²) < 4.78 is 0. The van der Waals surface area contributed by atoms with Crippen molar-refractivity contribution >= 4 is 22.8 Å². The summed E-state index contributed by atoms with van der Waals surface area (Å²) in [7, 11) is 0. The lowest BCUT2D eigenvalue weighted by atomic mass is 9.66. The monoisotopic (exact) mass is 423 g/mol. The van der Waals surface area contributed by atoms with E-state index < -0.39 is 0 Å². The van der Waals surface area contributed by atoms with Crippen LogP contribution in [0.2, 0.25) is 0 Å². The number of fused-ring (bicyclic) bond motifs is 2. The molecule has 2 aliphatic heterocycles. The van der Waals surface area contributed by atoms with Crippen molar-refractivity contribution < 1.29 is 4.92 Å². The summed E-state index contributed by atoms with van der Waals surface area (Å²) in [6.07, 6.45) is 6.87. The van der Waals surface area contributed by atoms with Gasteiger partial charge in [0.25, 0.3) is 5.69 Å². The van der Waals surface area contributed by atoms with Gasteiger partial charge in [-0.1, -0.05) is 73.2 Å². The zero-order chi connectivity index (χ0) is 21.7. The molecule has 3 aromatic carbocycles. The van der Waals surface area contributed by atoms with Crippen LogP contribution in [-0.2, 0) is 0 Å². The quantitative estimate of drug-likeness (QED) is 0.383. The Labute approximate surface area is 187 Å². The van der Waals surface area contributed by atoms with Gasteiger partial charge in [-0.2, -0.15) is 0 Å². The van der Waals surface area contributed by atoms with Crippen molar-refractivity contribution in [1.29, 1.82) is 0 Å². The maximum absolute atomic E-state index is 11.6. The van der Waals surface area contributed by atoms with Gasteiger partial charge in [-0.3, -0.25) is 10.1 Å². The first-order valence-electron chi connectivity index (χ1n) is 11.4. The van der Waals surface area contributed by atoms with Crippen molar-refractivity contribution in [2.24, 2.45) is 5.92 Å². The zero-order valence-corrected chi connectivity index (χ0v) is 17.8. The maximum atomic E-state index is 11.6. The number of nitro benzene ring substituents is 1. The van der Waals surface area contributed by atoms with E-state index in [0.29, 0.717) is 5.92 Å². The molecule has 0 aromatic heterocycles. The first kappa shape index (κ1) is 19.1. The van der Waals surface area contributed by atoms with E-state index in [4.69, 9.17) is 0 Å². The van der Waals surface area contributed by atoms with E-state index in [0.717, 1.165) is 41.9 Å². The smallest absolute Gasteiger partial charge is 0.271 e. The minimum Gasteiger partial charge on any atom is -0.360 e. The van der Waals surface area contributed by atoms with Crippen LogP contribution in [0.25, 0.3) is 5.70 Å². The summed E-state index contributed by atoms with van der Waals surface area (Å²) in [5.41, 5.74) is 5.34. The van der Waals surface area contributed by atoms with Crippen molar-refractivity contribution in [3.8, 4) is 0 Å². The predicted molar refractivity (Wildman–Crippen MR) is 127 cm³/mol. The highest BCUT2D eigenvalue weighted by atomic mass is 16.6. The van der Waals surface area contributed by atoms with E-state index in [1.807, 2.05) is 12.1 Å². The van der Waals surface area contributed by atoms with E-state index in [2.05, 4.69) is 70.9 Å². The summed E-state index contributed by atoms with van der Waals surface area (Å²) in [5.74, 6) is 0.650. The molecule has 5 heteroatoms. The number of non-ortho nitro benzene ring substituents is 1. The molecule has 0 unspecified atom stereocenters. The first-order chi connectivity index (χ1) is 15.7. The molecule has 3 aromatic rings. The minimum atomic E-state index is -0.299. The third-order valence-electron chi connectivity index (χ3n) is 7.39. The molecule has 1 fully saturated rings. The van der Waals surface area contributed by atoms with E-state index >= 15 is 0 Å². The van der Waals surface area contributed by atoms with Gasteiger partial charge in [0.2, 0.25) is 0 Å². The first-order valence-corrected chi connectivity index (χ1v) is 11.4. The Morgan fingerprint density at radius 1 is 0.969 bits per heavy atom. The Hall–Kier alpha value is -3.60. The van der Waals surface area contributed by atoms with Crippen LogP contribution in [0.15, 0.2) is 84.9 Å². The number of allylic oxidation sites excluding steroid dienone is 1. The summed E-state index contributed by atoms with van der Waals surface area (Å²) in [6, 6.07) is 26.4. The van der Waals surface area contributed by atoms with Crippen LogP contribution in [0.1, 0.15) is 42.7 Å². The second kappa shape index (κ2) is 7.23. The molecule has 160 valence electrons. The number of rotatable bonds is 3. The van der Waals surface area contributed by atoms with Crippen LogP contribution in [0, 0.1) is 16.0 Å². The summed E-state index contributed by atoms with van der Waals surface area (Å²) in [4.78, 5) is 13.7. The van der Waals surface area contributed by atoms with Crippen molar-refractivity contribution in [1.82, 2.24) is 0 Å². The lowest BCUT2D eigenvalue weighted by molar-refractivity contribution is -0.384. The van der Waals surface area contributed by atoms with Crippen molar-refractivity contribution in [2.75, 3.05) is 10.2 Å². The Morgan fingerprint density at radius 3 is 2.47 bits per heavy atom. The molecule has 5 nitrogen and oxygen atoms in total. The molecule has 6 rings (SSSR count). The zero-order valence-electron chi connectivity index (χ0n) is 17.8. The number of nitro groups is 1. The van der Waals surface area contributed by atoms with Gasteiger partial charge < -0.3 is 10.2 Å². The molecular formula is C27H25N3O2. The number of nitrogens with one attached hydrogen (secondary N) is 1. The largest absolute Gasteiger partial charge is 0.360 e. The molecule has 1 saturated carbocycles. The third kappa shape index (κ3) is 2.77. The van der Waals surface area contributed by atoms with Gasteiger partial charge in [0.1, 0.15) is 5.66 Å². The van der Waals surface area contributed by atoms with Gasteiger partial charge in [-0.05, 0) is 36.5 Å². The standard InChI is InChI=1S/C27H25N3O2/c31-30(32)21-14-15-24-26(17-21)29-25(20-11-5-2-6-12-20)18-22(19-9-3-1-4-10-19)23-13-7-8-16-27(23,29)28-24/h1-6,9-12,14-15,17-18,22-23,28H,7-8,13,16H2/t22-,23-,27+/m1/s1. The average molecular weight is 424 g/mol. The van der Waals surface area contributed by atoms with Gasteiger partial charge in [-0.15, -0.1) is 0 Å². The number of benzene rings is 3. The molecule has 1 spiro atoms.